The Balaban J connectivity index is 2.01. The Bertz CT molecular complexity index is 1210. The zero-order chi connectivity index (χ0) is 20.6. The lowest BCUT2D eigenvalue weighted by molar-refractivity contribution is 0.0939. The minimum absolute atomic E-state index is 0.0300. The van der Waals surface area contributed by atoms with E-state index >= 15 is 0 Å². The molecule has 3 rings (SSSR count). The number of carbonyl (C=O) groups excluding carboxylic acids is 1. The van der Waals surface area contributed by atoms with E-state index in [1.54, 1.807) is 12.3 Å². The minimum Gasteiger partial charge on any atom is -0.469 e. The molecule has 0 saturated carbocycles. The van der Waals surface area contributed by atoms with Crippen molar-refractivity contribution in [1.29, 1.82) is 0 Å². The zero-order valence-electron chi connectivity index (χ0n) is 16.2. The maximum absolute atomic E-state index is 12.8. The molecule has 0 fully saturated rings. The van der Waals surface area contributed by atoms with Crippen LogP contribution in [0.1, 0.15) is 29.5 Å². The van der Waals surface area contributed by atoms with Crippen molar-refractivity contribution >= 4 is 16.9 Å². The van der Waals surface area contributed by atoms with Crippen LogP contribution in [0.4, 0.5) is 0 Å². The fourth-order valence-electron chi connectivity index (χ4n) is 3.23. The first-order chi connectivity index (χ1) is 13.2. The Morgan fingerprint density at radius 1 is 1.14 bits per heavy atom. The SMILES string of the molecule is C[C@@H](CCc1ccco1)NC(=O)c1cc(=O)n(C)c2c1c(=O)n(C)c(=O)n2C. The maximum atomic E-state index is 12.8. The number of aryl methyl sites for hydroxylation is 3. The fraction of sp³-hybridized carbons (Fsp3) is 0.368. The minimum atomic E-state index is -0.623. The summed E-state index contributed by atoms with van der Waals surface area (Å²) in [6.07, 6.45) is 2.85. The summed E-state index contributed by atoms with van der Waals surface area (Å²) in [5, 5.41) is 2.84. The quantitative estimate of drug-likeness (QED) is 0.678. The number of fused-ring (bicyclic) bond motifs is 1. The van der Waals surface area contributed by atoms with E-state index in [1.807, 2.05) is 13.0 Å². The number of nitrogens with one attached hydrogen (secondary N) is 1. The van der Waals surface area contributed by atoms with Crippen LogP contribution in [-0.4, -0.2) is 25.7 Å². The van der Waals surface area contributed by atoms with Gasteiger partial charge in [0.05, 0.1) is 17.2 Å². The molecule has 0 aliphatic heterocycles. The highest BCUT2D eigenvalue weighted by Crippen LogP contribution is 2.12. The third-order valence-corrected chi connectivity index (χ3v) is 4.85. The molecule has 1 N–H and O–H groups in total. The molecule has 0 aliphatic rings. The summed E-state index contributed by atoms with van der Waals surface area (Å²) in [5.41, 5.74) is -1.61. The summed E-state index contributed by atoms with van der Waals surface area (Å²) in [5.74, 6) is 0.273. The van der Waals surface area contributed by atoms with Crippen LogP contribution in [0, 0.1) is 0 Å². The molecule has 3 aromatic heterocycles. The van der Waals surface area contributed by atoms with E-state index in [1.165, 1.54) is 30.3 Å². The van der Waals surface area contributed by atoms with Gasteiger partial charge < -0.3 is 9.73 Å². The fourth-order valence-corrected chi connectivity index (χ4v) is 3.23. The first-order valence-electron chi connectivity index (χ1n) is 8.85. The van der Waals surface area contributed by atoms with Crippen molar-refractivity contribution in [1.82, 2.24) is 19.0 Å². The molecule has 0 aromatic carbocycles. The van der Waals surface area contributed by atoms with Gasteiger partial charge in [-0.1, -0.05) is 0 Å². The van der Waals surface area contributed by atoms with Gasteiger partial charge in [0.15, 0.2) is 0 Å². The van der Waals surface area contributed by atoms with Crippen LogP contribution in [0.25, 0.3) is 11.0 Å². The molecular formula is C19H22N4O5. The van der Waals surface area contributed by atoms with Gasteiger partial charge in [-0.05, 0) is 25.5 Å². The van der Waals surface area contributed by atoms with Gasteiger partial charge in [0.2, 0.25) is 0 Å². The molecule has 0 radical (unpaired) electrons. The number of rotatable bonds is 5. The molecule has 28 heavy (non-hydrogen) atoms. The van der Waals surface area contributed by atoms with E-state index in [9.17, 15) is 19.2 Å². The summed E-state index contributed by atoms with van der Waals surface area (Å²) in [6.45, 7) is 1.83. The number of carbonyl (C=O) groups is 1. The number of hydrogen-bond donors (Lipinski definition) is 1. The lowest BCUT2D eigenvalue weighted by atomic mass is 10.1. The van der Waals surface area contributed by atoms with Crippen LogP contribution in [0.5, 0.6) is 0 Å². The number of nitrogens with zero attached hydrogens (tertiary/aromatic N) is 3. The standard InChI is InChI=1S/C19H22N4O5/c1-11(7-8-12-6-5-9-28-12)20-16(25)13-10-14(24)21(2)17-15(13)18(26)23(4)19(27)22(17)3/h5-6,9-11H,7-8H2,1-4H3,(H,20,25)/t11-/m0/s1. The Morgan fingerprint density at radius 3 is 2.50 bits per heavy atom. The second-order valence-electron chi connectivity index (χ2n) is 6.85. The van der Waals surface area contributed by atoms with E-state index in [0.717, 1.165) is 16.4 Å². The third kappa shape index (κ3) is 3.30. The number of aromatic nitrogens is 3. The number of hydrogen-bond acceptors (Lipinski definition) is 5. The van der Waals surface area contributed by atoms with E-state index in [-0.39, 0.29) is 22.6 Å². The molecule has 9 nitrogen and oxygen atoms in total. The smallest absolute Gasteiger partial charge is 0.332 e. The van der Waals surface area contributed by atoms with E-state index in [0.29, 0.717) is 12.8 Å². The Labute approximate surface area is 159 Å². The highest BCUT2D eigenvalue weighted by molar-refractivity contribution is 6.05. The van der Waals surface area contributed by atoms with Crippen molar-refractivity contribution in [3.05, 3.63) is 67.0 Å². The molecule has 1 atom stereocenters. The second-order valence-corrected chi connectivity index (χ2v) is 6.85. The molecule has 1 amide bonds. The average Bonchev–Trinajstić information content (AvgIpc) is 3.18. The topological polar surface area (TPSA) is 108 Å². The molecular weight excluding hydrogens is 364 g/mol. The summed E-state index contributed by atoms with van der Waals surface area (Å²) in [6, 6.07) is 4.56. The summed E-state index contributed by atoms with van der Waals surface area (Å²) < 4.78 is 8.58. The van der Waals surface area contributed by atoms with Gasteiger partial charge >= 0.3 is 5.69 Å². The predicted octanol–water partition coefficient (Wildman–Crippen LogP) is 0.280. The largest absolute Gasteiger partial charge is 0.469 e. The van der Waals surface area contributed by atoms with Gasteiger partial charge in [-0.2, -0.15) is 0 Å². The van der Waals surface area contributed by atoms with Gasteiger partial charge in [0, 0.05) is 39.7 Å². The third-order valence-electron chi connectivity index (χ3n) is 4.85. The molecule has 3 aromatic rings. The Morgan fingerprint density at radius 2 is 1.86 bits per heavy atom. The second kappa shape index (κ2) is 7.34. The molecule has 0 aliphatic carbocycles. The Kier molecular flexibility index (Phi) is 5.08. The maximum Gasteiger partial charge on any atom is 0.332 e. The van der Waals surface area contributed by atoms with Gasteiger partial charge in [-0.25, -0.2) is 4.79 Å². The molecule has 0 spiro atoms. The van der Waals surface area contributed by atoms with Gasteiger partial charge in [0.25, 0.3) is 17.0 Å². The summed E-state index contributed by atoms with van der Waals surface area (Å²) >= 11 is 0. The molecule has 148 valence electrons. The lowest BCUT2D eigenvalue weighted by Gasteiger charge is -2.16. The van der Waals surface area contributed by atoms with Crippen LogP contribution in [0.3, 0.4) is 0 Å². The first kappa shape index (κ1) is 19.4. The summed E-state index contributed by atoms with van der Waals surface area (Å²) in [4.78, 5) is 50.1. The van der Waals surface area contributed by atoms with Crippen LogP contribution >= 0.6 is 0 Å². The molecule has 0 bridgehead atoms. The average molecular weight is 386 g/mol. The molecule has 0 unspecified atom stereocenters. The van der Waals surface area contributed by atoms with Crippen LogP contribution in [0.15, 0.2) is 43.3 Å². The lowest BCUT2D eigenvalue weighted by Crippen LogP contribution is -2.41. The zero-order valence-corrected chi connectivity index (χ0v) is 16.2. The predicted molar refractivity (Wildman–Crippen MR) is 104 cm³/mol. The van der Waals surface area contributed by atoms with E-state index in [2.05, 4.69) is 5.32 Å². The highest BCUT2D eigenvalue weighted by atomic mass is 16.3. The molecule has 0 saturated heterocycles. The van der Waals surface area contributed by atoms with Crippen molar-refractivity contribution in [2.24, 2.45) is 21.1 Å². The van der Waals surface area contributed by atoms with Gasteiger partial charge in [0.1, 0.15) is 11.4 Å². The Hall–Kier alpha value is -3.36. The monoisotopic (exact) mass is 386 g/mol. The van der Waals surface area contributed by atoms with Gasteiger partial charge in [-0.3, -0.25) is 28.1 Å². The summed E-state index contributed by atoms with van der Waals surface area (Å²) in [7, 11) is 4.25. The van der Waals surface area contributed by atoms with Crippen molar-refractivity contribution in [2.45, 2.75) is 25.8 Å². The number of pyridine rings is 1. The number of amides is 1. The van der Waals surface area contributed by atoms with Crippen LogP contribution in [0.2, 0.25) is 0 Å². The molecule has 3 heterocycles. The van der Waals surface area contributed by atoms with Crippen LogP contribution in [-0.2, 0) is 27.6 Å². The van der Waals surface area contributed by atoms with Crippen LogP contribution < -0.4 is 22.1 Å². The molecule has 9 heteroatoms. The number of furan rings is 1. The van der Waals surface area contributed by atoms with E-state index in [4.69, 9.17) is 4.42 Å². The first-order valence-corrected chi connectivity index (χ1v) is 8.85. The van der Waals surface area contributed by atoms with Crippen molar-refractivity contribution < 1.29 is 9.21 Å². The van der Waals surface area contributed by atoms with Crippen molar-refractivity contribution in [3.8, 4) is 0 Å². The highest BCUT2D eigenvalue weighted by Gasteiger charge is 2.21. The normalized spacial score (nSPS) is 12.3. The van der Waals surface area contributed by atoms with E-state index < -0.39 is 22.7 Å². The van der Waals surface area contributed by atoms with Crippen molar-refractivity contribution in [3.63, 3.8) is 0 Å². The van der Waals surface area contributed by atoms with Crippen molar-refractivity contribution in [2.75, 3.05) is 0 Å². The van der Waals surface area contributed by atoms with Gasteiger partial charge in [-0.15, -0.1) is 0 Å².